The zero-order valence-electron chi connectivity index (χ0n) is 11.7. The van der Waals surface area contributed by atoms with Crippen LogP contribution in [0.5, 0.6) is 0 Å². The summed E-state index contributed by atoms with van der Waals surface area (Å²) in [6.45, 7) is 3.99. The standard InChI is InChI=1S/C16H19N3O/c1-3-12-5-4-6-14(10-12)18-16(20)13-7-8-15(19-17)11(2)9-13/h4-10,19H,3,17H2,1-2H3,(H,18,20). The van der Waals surface area contributed by atoms with Gasteiger partial charge in [0.1, 0.15) is 0 Å². The molecule has 4 heteroatoms. The molecule has 0 aromatic heterocycles. The Morgan fingerprint density at radius 1 is 1.20 bits per heavy atom. The number of carbonyl (C=O) groups excluding carboxylic acids is 1. The van der Waals surface area contributed by atoms with Gasteiger partial charge in [0.2, 0.25) is 0 Å². The summed E-state index contributed by atoms with van der Waals surface area (Å²) in [6.07, 6.45) is 0.944. The second-order valence-corrected chi connectivity index (χ2v) is 4.68. The van der Waals surface area contributed by atoms with Crippen molar-refractivity contribution in [2.75, 3.05) is 10.7 Å². The number of nitrogens with two attached hydrogens (primary N) is 1. The molecule has 0 aliphatic rings. The molecule has 2 aromatic rings. The number of nitrogen functional groups attached to an aromatic ring is 1. The molecule has 0 saturated heterocycles. The normalized spacial score (nSPS) is 10.2. The summed E-state index contributed by atoms with van der Waals surface area (Å²) >= 11 is 0. The monoisotopic (exact) mass is 269 g/mol. The van der Waals surface area contributed by atoms with Gasteiger partial charge in [-0.1, -0.05) is 19.1 Å². The first-order chi connectivity index (χ1) is 9.63. The minimum absolute atomic E-state index is 0.120. The number of rotatable bonds is 4. The minimum atomic E-state index is -0.120. The van der Waals surface area contributed by atoms with Crippen molar-refractivity contribution in [3.05, 3.63) is 59.2 Å². The molecule has 1 amide bonds. The van der Waals surface area contributed by atoms with Gasteiger partial charge in [0.25, 0.3) is 5.91 Å². The maximum absolute atomic E-state index is 12.2. The Hall–Kier alpha value is -2.33. The molecule has 0 fully saturated rings. The van der Waals surface area contributed by atoms with E-state index in [4.69, 9.17) is 5.84 Å². The van der Waals surface area contributed by atoms with E-state index in [9.17, 15) is 4.79 Å². The molecule has 4 N–H and O–H groups in total. The molecule has 2 aromatic carbocycles. The van der Waals surface area contributed by atoms with Gasteiger partial charge < -0.3 is 10.7 Å². The van der Waals surface area contributed by atoms with E-state index in [-0.39, 0.29) is 5.91 Å². The lowest BCUT2D eigenvalue weighted by Crippen LogP contribution is -2.13. The van der Waals surface area contributed by atoms with Crippen LogP contribution >= 0.6 is 0 Å². The maximum Gasteiger partial charge on any atom is 0.255 e. The van der Waals surface area contributed by atoms with Crippen LogP contribution in [0.3, 0.4) is 0 Å². The van der Waals surface area contributed by atoms with Crippen LogP contribution in [0.1, 0.15) is 28.4 Å². The average Bonchev–Trinajstić information content (AvgIpc) is 2.47. The van der Waals surface area contributed by atoms with Gasteiger partial charge in [0.05, 0.1) is 5.69 Å². The summed E-state index contributed by atoms with van der Waals surface area (Å²) in [5.41, 5.74) is 6.96. The van der Waals surface area contributed by atoms with E-state index >= 15 is 0 Å². The smallest absolute Gasteiger partial charge is 0.255 e. The molecule has 0 unspecified atom stereocenters. The Balaban J connectivity index is 2.17. The van der Waals surface area contributed by atoms with Crippen molar-refractivity contribution in [1.29, 1.82) is 0 Å². The minimum Gasteiger partial charge on any atom is -0.324 e. The highest BCUT2D eigenvalue weighted by atomic mass is 16.1. The lowest BCUT2D eigenvalue weighted by atomic mass is 10.1. The number of anilines is 2. The summed E-state index contributed by atoms with van der Waals surface area (Å²) < 4.78 is 0. The summed E-state index contributed by atoms with van der Waals surface area (Å²) in [5, 5.41) is 2.91. The Labute approximate surface area is 119 Å². The molecule has 2 rings (SSSR count). The van der Waals surface area contributed by atoms with E-state index in [2.05, 4.69) is 17.7 Å². The predicted molar refractivity (Wildman–Crippen MR) is 82.8 cm³/mol. The van der Waals surface area contributed by atoms with Crippen molar-refractivity contribution in [3.8, 4) is 0 Å². The summed E-state index contributed by atoms with van der Waals surface area (Å²) in [6, 6.07) is 13.2. The van der Waals surface area contributed by atoms with Gasteiger partial charge in [0.15, 0.2) is 0 Å². The van der Waals surface area contributed by atoms with Crippen LogP contribution < -0.4 is 16.6 Å². The number of aryl methyl sites for hydroxylation is 2. The van der Waals surface area contributed by atoms with Gasteiger partial charge in [0, 0.05) is 11.3 Å². The highest BCUT2D eigenvalue weighted by Gasteiger charge is 2.08. The van der Waals surface area contributed by atoms with Crippen LogP contribution in [0.25, 0.3) is 0 Å². The van der Waals surface area contributed by atoms with E-state index < -0.39 is 0 Å². The molecular formula is C16H19N3O. The molecule has 20 heavy (non-hydrogen) atoms. The first-order valence-corrected chi connectivity index (χ1v) is 6.61. The van der Waals surface area contributed by atoms with Crippen molar-refractivity contribution in [2.45, 2.75) is 20.3 Å². The lowest BCUT2D eigenvalue weighted by Gasteiger charge is -2.09. The molecule has 0 bridgehead atoms. The van der Waals surface area contributed by atoms with E-state index in [1.807, 2.05) is 37.3 Å². The van der Waals surface area contributed by atoms with E-state index in [0.29, 0.717) is 5.56 Å². The lowest BCUT2D eigenvalue weighted by molar-refractivity contribution is 0.102. The largest absolute Gasteiger partial charge is 0.324 e. The number of nitrogens with one attached hydrogen (secondary N) is 2. The van der Waals surface area contributed by atoms with Crippen molar-refractivity contribution >= 4 is 17.3 Å². The second kappa shape index (κ2) is 6.21. The molecular weight excluding hydrogens is 250 g/mol. The van der Waals surface area contributed by atoms with Gasteiger partial charge in [-0.05, 0) is 54.8 Å². The molecule has 0 heterocycles. The summed E-state index contributed by atoms with van der Waals surface area (Å²) in [5.74, 6) is 5.26. The fourth-order valence-corrected chi connectivity index (χ4v) is 2.04. The SMILES string of the molecule is CCc1cccc(NC(=O)c2ccc(NN)c(C)c2)c1. The Kier molecular flexibility index (Phi) is 4.38. The maximum atomic E-state index is 12.2. The van der Waals surface area contributed by atoms with Crippen molar-refractivity contribution in [2.24, 2.45) is 5.84 Å². The van der Waals surface area contributed by atoms with E-state index in [1.54, 1.807) is 12.1 Å². The molecule has 0 radical (unpaired) electrons. The fourth-order valence-electron chi connectivity index (χ4n) is 2.04. The van der Waals surface area contributed by atoms with Crippen LogP contribution in [0.15, 0.2) is 42.5 Å². The third-order valence-electron chi connectivity index (χ3n) is 3.24. The molecule has 0 spiro atoms. The molecule has 0 atom stereocenters. The van der Waals surface area contributed by atoms with Gasteiger partial charge in [-0.25, -0.2) is 0 Å². The average molecular weight is 269 g/mol. The third-order valence-corrected chi connectivity index (χ3v) is 3.24. The first kappa shape index (κ1) is 14.1. The molecule has 0 saturated carbocycles. The first-order valence-electron chi connectivity index (χ1n) is 6.61. The molecule has 104 valence electrons. The zero-order chi connectivity index (χ0) is 14.5. The molecule has 0 aliphatic carbocycles. The molecule has 0 aliphatic heterocycles. The van der Waals surface area contributed by atoms with Gasteiger partial charge in [-0.2, -0.15) is 0 Å². The zero-order valence-corrected chi connectivity index (χ0v) is 11.7. The Morgan fingerprint density at radius 3 is 2.65 bits per heavy atom. The number of amides is 1. The third kappa shape index (κ3) is 3.16. The van der Waals surface area contributed by atoms with Crippen LogP contribution in [-0.4, -0.2) is 5.91 Å². The van der Waals surface area contributed by atoms with E-state index in [1.165, 1.54) is 5.56 Å². The highest BCUT2D eigenvalue weighted by Crippen LogP contribution is 2.17. The number of hydrazine groups is 1. The van der Waals surface area contributed by atoms with Crippen LogP contribution in [0.4, 0.5) is 11.4 Å². The topological polar surface area (TPSA) is 67.2 Å². The quantitative estimate of drug-likeness (QED) is 0.590. The second-order valence-electron chi connectivity index (χ2n) is 4.68. The van der Waals surface area contributed by atoms with Crippen LogP contribution in [0, 0.1) is 6.92 Å². The van der Waals surface area contributed by atoms with Gasteiger partial charge in [-0.15, -0.1) is 0 Å². The van der Waals surface area contributed by atoms with Crippen LogP contribution in [-0.2, 0) is 6.42 Å². The number of hydrogen-bond donors (Lipinski definition) is 3. The number of hydrogen-bond acceptors (Lipinski definition) is 3. The summed E-state index contributed by atoms with van der Waals surface area (Å²) in [7, 11) is 0. The van der Waals surface area contributed by atoms with Crippen LogP contribution in [0.2, 0.25) is 0 Å². The summed E-state index contributed by atoms with van der Waals surface area (Å²) in [4.78, 5) is 12.2. The van der Waals surface area contributed by atoms with Gasteiger partial charge >= 0.3 is 0 Å². The fraction of sp³-hybridized carbons (Fsp3) is 0.188. The Morgan fingerprint density at radius 2 is 2.00 bits per heavy atom. The number of benzene rings is 2. The molecule has 4 nitrogen and oxygen atoms in total. The highest BCUT2D eigenvalue weighted by molar-refractivity contribution is 6.04. The van der Waals surface area contributed by atoms with Crippen molar-refractivity contribution in [3.63, 3.8) is 0 Å². The Bertz CT molecular complexity index is 623. The van der Waals surface area contributed by atoms with E-state index in [0.717, 1.165) is 23.4 Å². The van der Waals surface area contributed by atoms with Crippen molar-refractivity contribution < 1.29 is 4.79 Å². The van der Waals surface area contributed by atoms with Crippen molar-refractivity contribution in [1.82, 2.24) is 0 Å². The van der Waals surface area contributed by atoms with Gasteiger partial charge in [-0.3, -0.25) is 10.6 Å². The predicted octanol–water partition coefficient (Wildman–Crippen LogP) is 3.10. The number of carbonyl (C=O) groups is 1.